The number of hydrogen-bond donors (Lipinski definition) is 1. The van der Waals surface area contributed by atoms with Gasteiger partial charge in [0.05, 0.1) is 4.90 Å². The summed E-state index contributed by atoms with van der Waals surface area (Å²) < 4.78 is 22.6. The number of likely N-dealkylation sites (tertiary alicyclic amines) is 1. The average molecular weight is 339 g/mol. The van der Waals surface area contributed by atoms with Crippen molar-refractivity contribution in [3.63, 3.8) is 0 Å². The molecule has 0 bridgehead atoms. The molecule has 1 fully saturated rings. The molecule has 128 valence electrons. The fourth-order valence-electron chi connectivity index (χ4n) is 3.23. The van der Waals surface area contributed by atoms with Gasteiger partial charge in [-0.1, -0.05) is 13.3 Å². The van der Waals surface area contributed by atoms with Crippen molar-refractivity contribution in [2.75, 3.05) is 27.2 Å². The first-order valence-corrected chi connectivity index (χ1v) is 9.37. The molecule has 0 unspecified atom stereocenters. The van der Waals surface area contributed by atoms with Crippen molar-refractivity contribution >= 4 is 15.9 Å². The smallest absolute Gasteiger partial charge is 0.253 e. The molecule has 1 aliphatic rings. The lowest BCUT2D eigenvalue weighted by atomic mass is 9.98. The molecule has 1 aromatic rings. The summed E-state index contributed by atoms with van der Waals surface area (Å²) in [7, 11) is 0.356. The molecule has 1 aromatic carbocycles. The summed E-state index contributed by atoms with van der Waals surface area (Å²) in [6.45, 7) is 3.60. The SMILES string of the molecule is CCC[C@@H]1CN(C(=O)c2ccc(S(N)(=O)=O)cc2)C[C@H]1N(C)C. The van der Waals surface area contributed by atoms with E-state index in [-0.39, 0.29) is 10.8 Å². The van der Waals surface area contributed by atoms with Gasteiger partial charge in [-0.2, -0.15) is 0 Å². The Hall–Kier alpha value is -1.44. The molecule has 6 nitrogen and oxygen atoms in total. The minimum atomic E-state index is -3.73. The topological polar surface area (TPSA) is 83.7 Å². The number of carbonyl (C=O) groups is 1. The van der Waals surface area contributed by atoms with Crippen molar-refractivity contribution in [3.05, 3.63) is 29.8 Å². The van der Waals surface area contributed by atoms with Crippen LogP contribution in [0.1, 0.15) is 30.1 Å². The van der Waals surface area contributed by atoms with Crippen LogP contribution in [-0.2, 0) is 10.0 Å². The van der Waals surface area contributed by atoms with Gasteiger partial charge in [-0.05, 0) is 50.7 Å². The second-order valence-electron chi connectivity index (χ2n) is 6.36. The minimum absolute atomic E-state index is 0.0190. The predicted molar refractivity (Wildman–Crippen MR) is 89.6 cm³/mol. The van der Waals surface area contributed by atoms with Crippen molar-refractivity contribution in [3.8, 4) is 0 Å². The summed E-state index contributed by atoms with van der Waals surface area (Å²) >= 11 is 0. The quantitative estimate of drug-likeness (QED) is 0.872. The van der Waals surface area contributed by atoms with E-state index in [4.69, 9.17) is 5.14 Å². The molecule has 0 aromatic heterocycles. The Morgan fingerprint density at radius 1 is 1.26 bits per heavy atom. The number of primary sulfonamides is 1. The van der Waals surface area contributed by atoms with Gasteiger partial charge in [-0.3, -0.25) is 4.79 Å². The number of nitrogens with two attached hydrogens (primary N) is 1. The Balaban J connectivity index is 2.14. The molecule has 7 heteroatoms. The molecule has 1 amide bonds. The normalized spacial score (nSPS) is 21.9. The summed E-state index contributed by atoms with van der Waals surface area (Å²) in [5.41, 5.74) is 0.493. The lowest BCUT2D eigenvalue weighted by Crippen LogP contribution is -2.36. The molecule has 0 spiro atoms. The van der Waals surface area contributed by atoms with Gasteiger partial charge in [0.15, 0.2) is 0 Å². The third-order valence-electron chi connectivity index (χ3n) is 4.45. The highest BCUT2D eigenvalue weighted by atomic mass is 32.2. The van der Waals surface area contributed by atoms with E-state index in [9.17, 15) is 13.2 Å². The maximum absolute atomic E-state index is 12.7. The number of amides is 1. The largest absolute Gasteiger partial charge is 0.337 e. The number of hydrogen-bond acceptors (Lipinski definition) is 4. The Labute approximate surface area is 138 Å². The van der Waals surface area contributed by atoms with Crippen LogP contribution in [0.3, 0.4) is 0 Å². The van der Waals surface area contributed by atoms with Crippen molar-refractivity contribution < 1.29 is 13.2 Å². The second kappa shape index (κ2) is 6.98. The van der Waals surface area contributed by atoms with E-state index in [0.717, 1.165) is 19.4 Å². The molecule has 0 saturated carbocycles. The van der Waals surface area contributed by atoms with Crippen molar-refractivity contribution in [1.82, 2.24) is 9.80 Å². The third kappa shape index (κ3) is 4.10. The van der Waals surface area contributed by atoms with Crippen LogP contribution in [0.5, 0.6) is 0 Å². The van der Waals surface area contributed by atoms with Crippen LogP contribution in [0, 0.1) is 5.92 Å². The van der Waals surface area contributed by atoms with E-state index in [2.05, 4.69) is 11.8 Å². The van der Waals surface area contributed by atoms with Crippen LogP contribution >= 0.6 is 0 Å². The first-order chi connectivity index (χ1) is 10.7. The van der Waals surface area contributed by atoms with Gasteiger partial charge in [0.2, 0.25) is 10.0 Å². The first-order valence-electron chi connectivity index (χ1n) is 7.82. The molecule has 23 heavy (non-hydrogen) atoms. The van der Waals surface area contributed by atoms with Crippen LogP contribution in [0.4, 0.5) is 0 Å². The van der Waals surface area contributed by atoms with E-state index in [1.54, 1.807) is 0 Å². The van der Waals surface area contributed by atoms with E-state index in [0.29, 0.717) is 24.1 Å². The van der Waals surface area contributed by atoms with Crippen molar-refractivity contribution in [2.45, 2.75) is 30.7 Å². The number of benzene rings is 1. The summed E-state index contributed by atoms with van der Waals surface area (Å²) in [4.78, 5) is 16.7. The fraction of sp³-hybridized carbons (Fsp3) is 0.562. The van der Waals surface area contributed by atoms with Crippen molar-refractivity contribution in [2.24, 2.45) is 11.1 Å². The van der Waals surface area contributed by atoms with Crippen LogP contribution in [0.25, 0.3) is 0 Å². The highest BCUT2D eigenvalue weighted by Crippen LogP contribution is 2.26. The summed E-state index contributed by atoms with van der Waals surface area (Å²) in [5.74, 6) is 0.416. The summed E-state index contributed by atoms with van der Waals surface area (Å²) in [6, 6.07) is 6.18. The second-order valence-corrected chi connectivity index (χ2v) is 7.92. The molecular formula is C16H25N3O3S. The first kappa shape index (κ1) is 17.9. The van der Waals surface area contributed by atoms with Gasteiger partial charge in [-0.25, -0.2) is 13.6 Å². The molecular weight excluding hydrogens is 314 g/mol. The van der Waals surface area contributed by atoms with Crippen molar-refractivity contribution in [1.29, 1.82) is 0 Å². The van der Waals surface area contributed by atoms with Crippen LogP contribution in [-0.4, -0.2) is 57.4 Å². The van der Waals surface area contributed by atoms with E-state index < -0.39 is 10.0 Å². The molecule has 1 heterocycles. The standard InChI is InChI=1S/C16H25N3O3S/c1-4-5-13-10-19(11-15(13)18(2)3)16(20)12-6-8-14(9-7-12)23(17,21)22/h6-9,13,15H,4-5,10-11H2,1-3H3,(H2,17,21,22)/t13-,15-/m1/s1. The van der Waals surface area contributed by atoms with Gasteiger partial charge in [0.1, 0.15) is 0 Å². The predicted octanol–water partition coefficient (Wildman–Crippen LogP) is 1.14. The summed E-state index contributed by atoms with van der Waals surface area (Å²) in [6.07, 6.45) is 2.19. The molecule has 1 aliphatic heterocycles. The number of likely N-dealkylation sites (N-methyl/N-ethyl adjacent to an activating group) is 1. The zero-order chi connectivity index (χ0) is 17.2. The van der Waals surface area contributed by atoms with E-state index in [1.807, 2.05) is 19.0 Å². The van der Waals surface area contributed by atoms with Crippen LogP contribution in [0.15, 0.2) is 29.2 Å². The van der Waals surface area contributed by atoms with E-state index in [1.165, 1.54) is 24.3 Å². The van der Waals surface area contributed by atoms with E-state index >= 15 is 0 Å². The maximum Gasteiger partial charge on any atom is 0.253 e. The highest BCUT2D eigenvalue weighted by Gasteiger charge is 2.36. The molecule has 2 rings (SSSR count). The Morgan fingerprint density at radius 2 is 1.87 bits per heavy atom. The van der Waals surface area contributed by atoms with Gasteiger partial charge in [0.25, 0.3) is 5.91 Å². The lowest BCUT2D eigenvalue weighted by Gasteiger charge is -2.24. The molecule has 1 saturated heterocycles. The zero-order valence-corrected chi connectivity index (χ0v) is 14.7. The van der Waals surface area contributed by atoms with Gasteiger partial charge in [-0.15, -0.1) is 0 Å². The van der Waals surface area contributed by atoms with Crippen LogP contribution in [0.2, 0.25) is 0 Å². The highest BCUT2D eigenvalue weighted by molar-refractivity contribution is 7.89. The number of nitrogens with zero attached hydrogens (tertiary/aromatic N) is 2. The number of rotatable bonds is 5. The fourth-order valence-corrected chi connectivity index (χ4v) is 3.74. The van der Waals surface area contributed by atoms with Gasteiger partial charge in [0, 0.05) is 24.7 Å². The molecule has 0 radical (unpaired) electrons. The Bertz CT molecular complexity index is 656. The molecule has 2 atom stereocenters. The maximum atomic E-state index is 12.7. The summed E-state index contributed by atoms with van der Waals surface area (Å²) in [5, 5.41) is 5.08. The Morgan fingerprint density at radius 3 is 2.35 bits per heavy atom. The third-order valence-corrected chi connectivity index (χ3v) is 5.38. The van der Waals surface area contributed by atoms with Gasteiger partial charge >= 0.3 is 0 Å². The number of sulfonamides is 1. The van der Waals surface area contributed by atoms with Gasteiger partial charge < -0.3 is 9.80 Å². The molecule has 0 aliphatic carbocycles. The molecule has 2 N–H and O–H groups in total. The monoisotopic (exact) mass is 339 g/mol. The van der Waals surface area contributed by atoms with Crippen LogP contribution < -0.4 is 5.14 Å². The zero-order valence-electron chi connectivity index (χ0n) is 13.9. The lowest BCUT2D eigenvalue weighted by molar-refractivity contribution is 0.0780. The average Bonchev–Trinajstić information content (AvgIpc) is 2.90. The number of carbonyl (C=O) groups excluding carboxylic acids is 1. The Kier molecular flexibility index (Phi) is 5.44. The minimum Gasteiger partial charge on any atom is -0.337 e.